The van der Waals surface area contributed by atoms with Gasteiger partial charge >= 0.3 is 0 Å². The molecule has 4 heteroatoms. The van der Waals surface area contributed by atoms with Gasteiger partial charge in [0.2, 0.25) is 5.91 Å². The van der Waals surface area contributed by atoms with Crippen LogP contribution in [0.2, 0.25) is 0 Å². The molecule has 2 rings (SSSR count). The molecule has 3 atom stereocenters. The molecule has 0 fully saturated rings. The number of rotatable bonds is 5. The number of halogens is 1. The Kier molecular flexibility index (Phi) is 6.50. The summed E-state index contributed by atoms with van der Waals surface area (Å²) in [5.74, 6) is 0.666. The molecule has 0 bridgehead atoms. The van der Waals surface area contributed by atoms with Gasteiger partial charge in [-0.3, -0.25) is 4.79 Å². The normalized spacial score (nSPS) is 19.6. The third-order valence-corrected chi connectivity index (χ3v) is 4.34. The maximum atomic E-state index is 12.0. The first-order chi connectivity index (χ1) is 9.13. The molecule has 0 spiro atoms. The van der Waals surface area contributed by atoms with Crippen molar-refractivity contribution in [2.24, 2.45) is 11.7 Å². The molecule has 0 saturated heterocycles. The minimum atomic E-state index is -0.387. The Morgan fingerprint density at radius 3 is 2.85 bits per heavy atom. The van der Waals surface area contributed by atoms with Crippen molar-refractivity contribution in [1.29, 1.82) is 0 Å². The van der Waals surface area contributed by atoms with Gasteiger partial charge in [-0.2, -0.15) is 0 Å². The number of hydrogen-bond donors (Lipinski definition) is 2. The standard InChI is InChI=1S/C16H24N2O.ClH/c1-3-11(2)15(17)16(19)18-10-13-9-8-12-6-4-5-7-14(12)13;/h4-7,11,13,15H,3,8-10,17H2,1-2H3,(H,18,19);1H. The van der Waals surface area contributed by atoms with Crippen LogP contribution in [0, 0.1) is 5.92 Å². The molecule has 1 aromatic carbocycles. The summed E-state index contributed by atoms with van der Waals surface area (Å²) in [6.07, 6.45) is 3.17. The second kappa shape index (κ2) is 7.65. The van der Waals surface area contributed by atoms with Crippen molar-refractivity contribution in [2.45, 2.75) is 45.1 Å². The van der Waals surface area contributed by atoms with Gasteiger partial charge in [0.05, 0.1) is 6.04 Å². The zero-order chi connectivity index (χ0) is 13.8. The average Bonchev–Trinajstić information content (AvgIpc) is 2.86. The smallest absolute Gasteiger partial charge is 0.237 e. The summed E-state index contributed by atoms with van der Waals surface area (Å²) >= 11 is 0. The number of carbonyl (C=O) groups excluding carboxylic acids is 1. The molecule has 0 saturated carbocycles. The van der Waals surface area contributed by atoms with Crippen molar-refractivity contribution in [3.05, 3.63) is 35.4 Å². The Morgan fingerprint density at radius 2 is 2.15 bits per heavy atom. The molecule has 3 N–H and O–H groups in total. The maximum absolute atomic E-state index is 12.0. The lowest BCUT2D eigenvalue weighted by molar-refractivity contribution is -0.123. The second-order valence-corrected chi connectivity index (χ2v) is 5.59. The number of aryl methyl sites for hydroxylation is 1. The SMILES string of the molecule is CCC(C)C(N)C(=O)NCC1CCc2ccccc21.Cl. The molecular formula is C16H25ClN2O. The van der Waals surface area contributed by atoms with Crippen molar-refractivity contribution >= 4 is 18.3 Å². The lowest BCUT2D eigenvalue weighted by Crippen LogP contribution is -2.45. The van der Waals surface area contributed by atoms with Gasteiger partial charge in [0.15, 0.2) is 0 Å². The second-order valence-electron chi connectivity index (χ2n) is 5.59. The van der Waals surface area contributed by atoms with E-state index in [2.05, 4.69) is 36.5 Å². The summed E-state index contributed by atoms with van der Waals surface area (Å²) < 4.78 is 0. The van der Waals surface area contributed by atoms with E-state index in [1.54, 1.807) is 0 Å². The van der Waals surface area contributed by atoms with E-state index in [1.807, 2.05) is 6.92 Å². The van der Waals surface area contributed by atoms with Crippen LogP contribution in [0.4, 0.5) is 0 Å². The molecule has 3 unspecified atom stereocenters. The van der Waals surface area contributed by atoms with Crippen LogP contribution in [0.3, 0.4) is 0 Å². The predicted molar refractivity (Wildman–Crippen MR) is 85.2 cm³/mol. The highest BCUT2D eigenvalue weighted by molar-refractivity contribution is 5.85. The summed E-state index contributed by atoms with van der Waals surface area (Å²) in [6.45, 7) is 4.79. The topological polar surface area (TPSA) is 55.1 Å². The molecule has 1 aromatic rings. The number of nitrogens with two attached hydrogens (primary N) is 1. The van der Waals surface area contributed by atoms with Crippen molar-refractivity contribution in [3.8, 4) is 0 Å². The van der Waals surface area contributed by atoms with E-state index in [9.17, 15) is 4.79 Å². The first kappa shape index (κ1) is 17.0. The van der Waals surface area contributed by atoms with E-state index in [1.165, 1.54) is 11.1 Å². The van der Waals surface area contributed by atoms with Gasteiger partial charge in [-0.25, -0.2) is 0 Å². The van der Waals surface area contributed by atoms with Gasteiger partial charge in [-0.15, -0.1) is 12.4 Å². The van der Waals surface area contributed by atoms with Gasteiger partial charge in [0.25, 0.3) is 0 Å². The van der Waals surface area contributed by atoms with Crippen LogP contribution < -0.4 is 11.1 Å². The fraction of sp³-hybridized carbons (Fsp3) is 0.562. The van der Waals surface area contributed by atoms with E-state index in [4.69, 9.17) is 5.73 Å². The van der Waals surface area contributed by atoms with Gasteiger partial charge in [0, 0.05) is 12.5 Å². The van der Waals surface area contributed by atoms with Crippen LogP contribution in [-0.2, 0) is 11.2 Å². The van der Waals surface area contributed by atoms with E-state index in [0.717, 1.165) is 19.3 Å². The highest BCUT2D eigenvalue weighted by Gasteiger charge is 2.24. The summed E-state index contributed by atoms with van der Waals surface area (Å²) in [5.41, 5.74) is 8.75. The summed E-state index contributed by atoms with van der Waals surface area (Å²) in [4.78, 5) is 12.0. The van der Waals surface area contributed by atoms with Crippen LogP contribution in [0.15, 0.2) is 24.3 Å². The van der Waals surface area contributed by atoms with Gasteiger partial charge in [-0.05, 0) is 29.9 Å². The molecule has 0 aliphatic heterocycles. The van der Waals surface area contributed by atoms with Crippen molar-refractivity contribution in [2.75, 3.05) is 6.54 Å². The first-order valence-electron chi connectivity index (χ1n) is 7.24. The molecular weight excluding hydrogens is 272 g/mol. The molecule has 3 nitrogen and oxygen atoms in total. The van der Waals surface area contributed by atoms with Gasteiger partial charge in [-0.1, -0.05) is 44.5 Å². The van der Waals surface area contributed by atoms with Crippen LogP contribution >= 0.6 is 12.4 Å². The summed E-state index contributed by atoms with van der Waals surface area (Å²) in [6, 6.07) is 8.12. The Labute approximate surface area is 127 Å². The highest BCUT2D eigenvalue weighted by atomic mass is 35.5. The lowest BCUT2D eigenvalue weighted by atomic mass is 9.98. The Bertz CT molecular complexity index is 450. The monoisotopic (exact) mass is 296 g/mol. The van der Waals surface area contributed by atoms with Gasteiger partial charge < -0.3 is 11.1 Å². The van der Waals surface area contributed by atoms with Crippen LogP contribution in [0.1, 0.15) is 43.7 Å². The Hall–Kier alpha value is -1.06. The number of fused-ring (bicyclic) bond motifs is 1. The molecule has 1 aliphatic carbocycles. The third-order valence-electron chi connectivity index (χ3n) is 4.34. The zero-order valence-electron chi connectivity index (χ0n) is 12.3. The molecule has 112 valence electrons. The number of amides is 1. The van der Waals surface area contributed by atoms with Gasteiger partial charge in [0.1, 0.15) is 0 Å². The Morgan fingerprint density at radius 1 is 1.45 bits per heavy atom. The minimum Gasteiger partial charge on any atom is -0.354 e. The minimum absolute atomic E-state index is 0. The zero-order valence-corrected chi connectivity index (χ0v) is 13.1. The summed E-state index contributed by atoms with van der Waals surface area (Å²) in [7, 11) is 0. The van der Waals surface area contributed by atoms with E-state index >= 15 is 0 Å². The van der Waals surface area contributed by atoms with Crippen molar-refractivity contribution in [1.82, 2.24) is 5.32 Å². The lowest BCUT2D eigenvalue weighted by Gasteiger charge is -2.19. The number of benzene rings is 1. The molecule has 1 amide bonds. The molecule has 20 heavy (non-hydrogen) atoms. The van der Waals surface area contributed by atoms with Crippen LogP contribution in [-0.4, -0.2) is 18.5 Å². The molecule has 0 radical (unpaired) electrons. The van der Waals surface area contributed by atoms with E-state index < -0.39 is 0 Å². The van der Waals surface area contributed by atoms with Crippen LogP contribution in [0.5, 0.6) is 0 Å². The summed E-state index contributed by atoms with van der Waals surface area (Å²) in [5, 5.41) is 3.02. The fourth-order valence-corrected chi connectivity index (χ4v) is 2.71. The van der Waals surface area contributed by atoms with Crippen LogP contribution in [0.25, 0.3) is 0 Å². The Balaban J connectivity index is 0.00000200. The molecule has 0 heterocycles. The predicted octanol–water partition coefficient (Wildman–Crippen LogP) is 2.63. The average molecular weight is 297 g/mol. The molecule has 1 aliphatic rings. The van der Waals surface area contributed by atoms with Crippen molar-refractivity contribution < 1.29 is 4.79 Å². The highest BCUT2D eigenvalue weighted by Crippen LogP contribution is 2.32. The quantitative estimate of drug-likeness (QED) is 0.877. The number of carbonyl (C=O) groups is 1. The van der Waals surface area contributed by atoms with E-state index in [0.29, 0.717) is 12.5 Å². The van der Waals surface area contributed by atoms with Crippen molar-refractivity contribution in [3.63, 3.8) is 0 Å². The first-order valence-corrected chi connectivity index (χ1v) is 7.24. The van der Waals surface area contributed by atoms with E-state index in [-0.39, 0.29) is 30.3 Å². The maximum Gasteiger partial charge on any atom is 0.237 e. The number of nitrogens with one attached hydrogen (secondary N) is 1. The molecule has 0 aromatic heterocycles. The largest absolute Gasteiger partial charge is 0.354 e. The number of hydrogen-bond acceptors (Lipinski definition) is 2. The fourth-order valence-electron chi connectivity index (χ4n) is 2.71. The third kappa shape index (κ3) is 3.74.